The zero-order valence-electron chi connectivity index (χ0n) is 22.1. The Morgan fingerprint density at radius 1 is 1.18 bits per heavy atom. The molecule has 1 atom stereocenters. The van der Waals surface area contributed by atoms with E-state index in [0.29, 0.717) is 44.3 Å². The van der Waals surface area contributed by atoms with Gasteiger partial charge < -0.3 is 28.7 Å². The highest BCUT2D eigenvalue weighted by Gasteiger charge is 2.24. The van der Waals surface area contributed by atoms with Gasteiger partial charge >= 0.3 is 5.97 Å². The number of thioether (sulfide) groups is 1. The molecule has 0 radical (unpaired) electrons. The highest BCUT2D eigenvalue weighted by molar-refractivity contribution is 8.15. The molecule has 3 aromatic rings. The molecule has 1 unspecified atom stereocenters. The molecule has 2 aromatic heterocycles. The van der Waals surface area contributed by atoms with Crippen LogP contribution in [0.1, 0.15) is 19.0 Å². The van der Waals surface area contributed by atoms with E-state index in [9.17, 15) is 13.2 Å². The molecule has 3 heterocycles. The molecule has 0 fully saturated rings. The van der Waals surface area contributed by atoms with Crippen LogP contribution < -0.4 is 9.47 Å². The lowest BCUT2D eigenvalue weighted by Crippen LogP contribution is -2.27. The molecule has 0 spiro atoms. The Hall–Kier alpha value is -3.13. The van der Waals surface area contributed by atoms with E-state index in [2.05, 4.69) is 15.0 Å². The summed E-state index contributed by atoms with van der Waals surface area (Å²) >= 11 is 1.63. The van der Waals surface area contributed by atoms with E-state index < -0.39 is 9.84 Å². The fraction of sp³-hybridized carbons (Fsp3) is 0.423. The molecule has 0 saturated heterocycles. The lowest BCUT2D eigenvalue weighted by atomic mass is 10.2. The van der Waals surface area contributed by atoms with Crippen molar-refractivity contribution in [1.29, 1.82) is 0 Å². The molecule has 0 saturated carbocycles. The molecule has 39 heavy (non-hydrogen) atoms. The molecule has 13 heteroatoms. The van der Waals surface area contributed by atoms with Crippen LogP contribution in [0.4, 0.5) is 0 Å². The second-order valence-corrected chi connectivity index (χ2v) is 12.2. The predicted molar refractivity (Wildman–Crippen MR) is 148 cm³/mol. The molecular formula is C26H31N3O8S2. The third-order valence-electron chi connectivity index (χ3n) is 5.72. The number of hydrogen-bond donors (Lipinski definition) is 1. The van der Waals surface area contributed by atoms with Crippen molar-refractivity contribution < 1.29 is 36.9 Å². The number of carbonyl (C=O) groups is 1. The van der Waals surface area contributed by atoms with Gasteiger partial charge in [0, 0.05) is 56.4 Å². The summed E-state index contributed by atoms with van der Waals surface area (Å²) in [6, 6.07) is 8.49. The molecule has 1 aliphatic heterocycles. The normalized spacial score (nSPS) is 15.5. The van der Waals surface area contributed by atoms with Gasteiger partial charge in [0.05, 0.1) is 42.5 Å². The Morgan fingerprint density at radius 3 is 2.59 bits per heavy atom. The number of methoxy groups -OCH3 is 2. The van der Waals surface area contributed by atoms with Gasteiger partial charge in [-0.15, -0.1) is 0 Å². The maximum atomic E-state index is 11.8. The van der Waals surface area contributed by atoms with Crippen molar-refractivity contribution in [3.05, 3.63) is 42.2 Å². The lowest BCUT2D eigenvalue weighted by molar-refractivity contribution is -0.141. The molecular weight excluding hydrogens is 546 g/mol. The second kappa shape index (κ2) is 12.8. The number of aromatic amines is 1. The number of rotatable bonds is 13. The average molecular weight is 578 g/mol. The molecule has 4 rings (SSSR count). The number of H-pyrrole nitrogens is 1. The van der Waals surface area contributed by atoms with E-state index in [1.54, 1.807) is 32.0 Å². The van der Waals surface area contributed by atoms with Gasteiger partial charge in [-0.05, 0) is 24.6 Å². The lowest BCUT2D eigenvalue weighted by Gasteiger charge is -2.19. The number of fused-ring (bicyclic) bond motifs is 1. The van der Waals surface area contributed by atoms with Crippen LogP contribution in [0.3, 0.4) is 0 Å². The number of hydrogen-bond acceptors (Lipinski definition) is 11. The molecule has 0 bridgehead atoms. The number of benzene rings is 1. The van der Waals surface area contributed by atoms with Gasteiger partial charge in [0.1, 0.15) is 22.6 Å². The quantitative estimate of drug-likeness (QED) is 0.300. The third kappa shape index (κ3) is 7.72. The first-order valence-corrected chi connectivity index (χ1v) is 14.9. The first-order valence-electron chi connectivity index (χ1n) is 12.2. The first-order chi connectivity index (χ1) is 18.7. The summed E-state index contributed by atoms with van der Waals surface area (Å²) in [6.45, 7) is 3.02. The summed E-state index contributed by atoms with van der Waals surface area (Å²) in [5.74, 6) is 0.925. The Bertz CT molecular complexity index is 1430. The third-order valence-corrected chi connectivity index (χ3v) is 8.10. The number of carbonyl (C=O) groups excluding carboxylic acids is 1. The Balaban J connectivity index is 1.61. The van der Waals surface area contributed by atoms with Gasteiger partial charge in [0.15, 0.2) is 9.84 Å². The molecule has 1 aliphatic rings. The molecule has 0 amide bonds. The minimum Gasteiger partial charge on any atom is -0.483 e. The average Bonchev–Trinajstić information content (AvgIpc) is 3.51. The topological polar surface area (TPSA) is 138 Å². The van der Waals surface area contributed by atoms with Gasteiger partial charge in [0.25, 0.3) is 0 Å². The first kappa shape index (κ1) is 28.9. The number of nitrogens with zero attached hydrogens (tertiary/aromatic N) is 2. The number of esters is 1. The summed E-state index contributed by atoms with van der Waals surface area (Å²) in [6.07, 6.45) is 2.72. The summed E-state index contributed by atoms with van der Waals surface area (Å²) in [7, 11) is -0.191. The number of pyridine rings is 1. The van der Waals surface area contributed by atoms with Gasteiger partial charge in [-0.1, -0.05) is 11.8 Å². The Morgan fingerprint density at radius 2 is 1.95 bits per heavy atom. The van der Waals surface area contributed by atoms with Crippen LogP contribution in [0.5, 0.6) is 17.4 Å². The van der Waals surface area contributed by atoms with E-state index in [0.717, 1.165) is 27.9 Å². The Labute approximate surface area is 231 Å². The van der Waals surface area contributed by atoms with Crippen LogP contribution in [-0.2, 0) is 28.8 Å². The minimum atomic E-state index is -3.37. The van der Waals surface area contributed by atoms with Crippen molar-refractivity contribution in [2.24, 2.45) is 4.99 Å². The van der Waals surface area contributed by atoms with Crippen molar-refractivity contribution in [1.82, 2.24) is 9.97 Å². The largest absolute Gasteiger partial charge is 0.483 e. The zero-order chi connectivity index (χ0) is 28.0. The highest BCUT2D eigenvalue weighted by Crippen LogP contribution is 2.36. The second-order valence-electron chi connectivity index (χ2n) is 8.94. The number of nitrogens with one attached hydrogen (secondary N) is 1. The van der Waals surface area contributed by atoms with Crippen molar-refractivity contribution in [2.45, 2.75) is 29.6 Å². The Kier molecular flexibility index (Phi) is 9.49. The van der Waals surface area contributed by atoms with Crippen LogP contribution in [0.2, 0.25) is 0 Å². The summed E-state index contributed by atoms with van der Waals surface area (Å²) < 4.78 is 51.4. The number of aromatic nitrogens is 2. The maximum absolute atomic E-state index is 11.8. The molecule has 210 valence electrons. The molecule has 1 N–H and O–H groups in total. The number of sulfone groups is 1. The van der Waals surface area contributed by atoms with Gasteiger partial charge in [0.2, 0.25) is 5.88 Å². The summed E-state index contributed by atoms with van der Waals surface area (Å²) in [5.41, 5.74) is 1.58. The van der Waals surface area contributed by atoms with Crippen LogP contribution >= 0.6 is 11.8 Å². The highest BCUT2D eigenvalue weighted by atomic mass is 32.2. The van der Waals surface area contributed by atoms with E-state index in [1.165, 1.54) is 25.3 Å². The summed E-state index contributed by atoms with van der Waals surface area (Å²) in [5, 5.41) is 1.90. The van der Waals surface area contributed by atoms with E-state index >= 15 is 0 Å². The number of aliphatic imine (C=N–C) groups is 1. The smallest absolute Gasteiger partial charge is 0.302 e. The standard InChI is InChI=1S/C26H31N3O8S2/c1-16(30)35-8-7-20-12-28-26(38-20)22-10-17-9-18(37-24-6-5-21(13-27-24)39(4,31)32)11-23(25(17)29-22)36-19(14-33-2)15-34-3/h5-6,9-11,13,19-20,29H,7-8,12,14-15H2,1-4H3. The van der Waals surface area contributed by atoms with Gasteiger partial charge in [-0.3, -0.25) is 9.79 Å². The molecule has 1 aromatic carbocycles. The zero-order valence-corrected chi connectivity index (χ0v) is 23.8. The SMILES string of the molecule is COCC(COC)Oc1cc(Oc2ccc(S(C)(=O)=O)cn2)cc2cc(C3=NCC(CCOC(C)=O)S3)[nH]c12. The van der Waals surface area contributed by atoms with Crippen molar-refractivity contribution >= 4 is 43.5 Å². The van der Waals surface area contributed by atoms with Crippen LogP contribution in [-0.4, -0.2) is 87.6 Å². The van der Waals surface area contributed by atoms with Crippen molar-refractivity contribution in [2.75, 3.05) is 46.8 Å². The van der Waals surface area contributed by atoms with E-state index in [-0.39, 0.29) is 28.1 Å². The molecule has 0 aliphatic carbocycles. The maximum Gasteiger partial charge on any atom is 0.302 e. The number of ether oxygens (including phenoxy) is 5. The monoisotopic (exact) mass is 577 g/mol. The fourth-order valence-corrected chi connectivity index (χ4v) is 5.56. The van der Waals surface area contributed by atoms with Crippen molar-refractivity contribution in [3.63, 3.8) is 0 Å². The van der Waals surface area contributed by atoms with Crippen LogP contribution in [0.25, 0.3) is 10.9 Å². The fourth-order valence-electron chi connectivity index (χ4n) is 3.94. The van der Waals surface area contributed by atoms with Crippen LogP contribution in [0, 0.1) is 0 Å². The minimum absolute atomic E-state index is 0.104. The molecule has 11 nitrogen and oxygen atoms in total. The van der Waals surface area contributed by atoms with Crippen molar-refractivity contribution in [3.8, 4) is 17.4 Å². The van der Waals surface area contributed by atoms with E-state index in [4.69, 9.17) is 23.7 Å². The van der Waals surface area contributed by atoms with Gasteiger partial charge in [-0.2, -0.15) is 0 Å². The van der Waals surface area contributed by atoms with E-state index in [1.807, 2.05) is 12.1 Å². The summed E-state index contributed by atoms with van der Waals surface area (Å²) in [4.78, 5) is 23.4. The van der Waals surface area contributed by atoms with Crippen LogP contribution in [0.15, 0.2) is 46.4 Å². The predicted octanol–water partition coefficient (Wildman–Crippen LogP) is 3.61. The van der Waals surface area contributed by atoms with Gasteiger partial charge in [-0.25, -0.2) is 13.4 Å².